The van der Waals surface area contributed by atoms with Crippen molar-refractivity contribution in [2.75, 3.05) is 6.61 Å². The molecule has 0 amide bonds. The van der Waals surface area contributed by atoms with Gasteiger partial charge in [-0.1, -0.05) is 30.4 Å². The molecule has 0 heterocycles. The van der Waals surface area contributed by atoms with Crippen LogP contribution in [0.5, 0.6) is 5.75 Å². The van der Waals surface area contributed by atoms with Gasteiger partial charge in [-0.25, -0.2) is 4.39 Å². The lowest BCUT2D eigenvalue weighted by molar-refractivity contribution is 0.317. The first kappa shape index (κ1) is 14.4. The van der Waals surface area contributed by atoms with Crippen molar-refractivity contribution in [1.82, 2.24) is 0 Å². The second-order valence-electron chi connectivity index (χ2n) is 4.25. The molecule has 0 aliphatic carbocycles. The van der Waals surface area contributed by atoms with Gasteiger partial charge >= 0.3 is 0 Å². The third-order valence-corrected chi connectivity index (χ3v) is 2.83. The minimum absolute atomic E-state index is 0.334. The number of halogens is 2. The van der Waals surface area contributed by atoms with Crippen molar-refractivity contribution in [2.24, 2.45) is 0 Å². The molecule has 3 heteroatoms. The van der Waals surface area contributed by atoms with E-state index in [4.69, 9.17) is 16.3 Å². The highest BCUT2D eigenvalue weighted by molar-refractivity contribution is 6.30. The molecule has 0 saturated heterocycles. The Morgan fingerprint density at radius 3 is 2.50 bits per heavy atom. The van der Waals surface area contributed by atoms with Crippen molar-refractivity contribution in [2.45, 2.75) is 13.3 Å². The van der Waals surface area contributed by atoms with Crippen LogP contribution in [0.3, 0.4) is 0 Å². The van der Waals surface area contributed by atoms with Crippen LogP contribution in [0.4, 0.5) is 4.39 Å². The second-order valence-corrected chi connectivity index (χ2v) is 4.68. The molecule has 0 spiro atoms. The van der Waals surface area contributed by atoms with E-state index in [1.165, 1.54) is 6.07 Å². The average Bonchev–Trinajstić information content (AvgIpc) is 2.45. The Hall–Kier alpha value is -1.98. The standard InChI is InChI=1S/C17H14ClFO/c1-2-11-20-16-9-4-13(5-10-16)3-6-14-7-8-15(18)12-17(14)19/h4-5,7-10,12H,2,11H2,1H3. The van der Waals surface area contributed by atoms with Crippen molar-refractivity contribution in [1.29, 1.82) is 0 Å². The second kappa shape index (κ2) is 6.98. The maximum absolute atomic E-state index is 13.5. The molecule has 0 saturated carbocycles. The van der Waals surface area contributed by atoms with Gasteiger partial charge in [0.15, 0.2) is 0 Å². The molecule has 0 aromatic heterocycles. The van der Waals surface area contributed by atoms with E-state index in [0.717, 1.165) is 17.7 Å². The Kier molecular flexibility index (Phi) is 5.03. The van der Waals surface area contributed by atoms with Gasteiger partial charge in [-0.05, 0) is 48.9 Å². The van der Waals surface area contributed by atoms with E-state index in [1.54, 1.807) is 12.1 Å². The van der Waals surface area contributed by atoms with Crippen LogP contribution in [0.1, 0.15) is 24.5 Å². The predicted molar refractivity (Wildman–Crippen MR) is 79.6 cm³/mol. The minimum atomic E-state index is -0.409. The molecule has 20 heavy (non-hydrogen) atoms. The Morgan fingerprint density at radius 1 is 1.10 bits per heavy atom. The first-order valence-corrected chi connectivity index (χ1v) is 6.77. The van der Waals surface area contributed by atoms with Crippen LogP contribution in [-0.4, -0.2) is 6.61 Å². The number of hydrogen-bond acceptors (Lipinski definition) is 1. The summed E-state index contributed by atoms with van der Waals surface area (Å²) in [5, 5.41) is 0.366. The smallest absolute Gasteiger partial charge is 0.140 e. The molecule has 2 aromatic carbocycles. The Labute approximate surface area is 123 Å². The molecule has 102 valence electrons. The van der Waals surface area contributed by atoms with E-state index in [-0.39, 0.29) is 0 Å². The molecule has 0 fully saturated rings. The summed E-state index contributed by atoms with van der Waals surface area (Å²) in [5.74, 6) is 6.12. The van der Waals surface area contributed by atoms with Gasteiger partial charge in [0, 0.05) is 10.6 Å². The molecule has 0 radical (unpaired) electrons. The van der Waals surface area contributed by atoms with Crippen LogP contribution in [0.25, 0.3) is 0 Å². The highest BCUT2D eigenvalue weighted by Crippen LogP contribution is 2.14. The van der Waals surface area contributed by atoms with Gasteiger partial charge in [0.2, 0.25) is 0 Å². The van der Waals surface area contributed by atoms with Crippen LogP contribution in [0, 0.1) is 17.7 Å². The zero-order valence-corrected chi connectivity index (χ0v) is 11.9. The van der Waals surface area contributed by atoms with E-state index in [1.807, 2.05) is 24.3 Å². The largest absolute Gasteiger partial charge is 0.494 e. The van der Waals surface area contributed by atoms with Crippen LogP contribution < -0.4 is 4.74 Å². The first-order valence-electron chi connectivity index (χ1n) is 6.39. The molecule has 0 bridgehead atoms. The van der Waals surface area contributed by atoms with Crippen molar-refractivity contribution in [3.63, 3.8) is 0 Å². The van der Waals surface area contributed by atoms with E-state index in [0.29, 0.717) is 17.2 Å². The fourth-order valence-corrected chi connectivity index (χ4v) is 1.74. The number of ether oxygens (including phenoxy) is 1. The van der Waals surface area contributed by atoms with Gasteiger partial charge in [0.25, 0.3) is 0 Å². The van der Waals surface area contributed by atoms with Crippen molar-refractivity contribution in [3.05, 3.63) is 64.4 Å². The summed E-state index contributed by atoms with van der Waals surface area (Å²) in [5.41, 5.74) is 1.14. The third kappa shape index (κ3) is 4.01. The lowest BCUT2D eigenvalue weighted by Crippen LogP contribution is -1.94. The minimum Gasteiger partial charge on any atom is -0.494 e. The van der Waals surface area contributed by atoms with Gasteiger partial charge in [0.05, 0.1) is 12.2 Å². The van der Waals surface area contributed by atoms with Crippen molar-refractivity contribution >= 4 is 11.6 Å². The molecule has 1 nitrogen and oxygen atoms in total. The lowest BCUT2D eigenvalue weighted by atomic mass is 10.1. The molecule has 0 unspecified atom stereocenters. The van der Waals surface area contributed by atoms with Gasteiger partial charge in [-0.15, -0.1) is 0 Å². The Morgan fingerprint density at radius 2 is 1.85 bits per heavy atom. The highest BCUT2D eigenvalue weighted by Gasteiger charge is 1.99. The maximum atomic E-state index is 13.5. The lowest BCUT2D eigenvalue weighted by Gasteiger charge is -2.03. The summed E-state index contributed by atoms with van der Waals surface area (Å²) < 4.78 is 19.0. The average molecular weight is 289 g/mol. The van der Waals surface area contributed by atoms with E-state index in [9.17, 15) is 4.39 Å². The van der Waals surface area contributed by atoms with Gasteiger partial charge in [-0.3, -0.25) is 0 Å². The zero-order valence-electron chi connectivity index (χ0n) is 11.1. The Balaban J connectivity index is 2.12. The monoisotopic (exact) mass is 288 g/mol. The maximum Gasteiger partial charge on any atom is 0.140 e. The van der Waals surface area contributed by atoms with Gasteiger partial charge in [-0.2, -0.15) is 0 Å². The summed E-state index contributed by atoms with van der Waals surface area (Å²) in [7, 11) is 0. The van der Waals surface area contributed by atoms with E-state index >= 15 is 0 Å². The molecule has 0 aliphatic heterocycles. The van der Waals surface area contributed by atoms with Crippen LogP contribution in [-0.2, 0) is 0 Å². The van der Waals surface area contributed by atoms with Gasteiger partial charge < -0.3 is 4.74 Å². The van der Waals surface area contributed by atoms with E-state index in [2.05, 4.69) is 18.8 Å². The topological polar surface area (TPSA) is 9.23 Å². The molecule has 2 aromatic rings. The molecular formula is C17H14ClFO. The van der Waals surface area contributed by atoms with Crippen LogP contribution in [0.2, 0.25) is 5.02 Å². The summed E-state index contributed by atoms with van der Waals surface area (Å²) in [6.07, 6.45) is 0.970. The molecule has 2 rings (SSSR count). The van der Waals surface area contributed by atoms with Crippen molar-refractivity contribution in [3.8, 4) is 17.6 Å². The highest BCUT2D eigenvalue weighted by atomic mass is 35.5. The molecule has 0 N–H and O–H groups in total. The predicted octanol–water partition coefficient (Wildman–Crippen LogP) is 4.67. The number of benzene rings is 2. The van der Waals surface area contributed by atoms with Crippen LogP contribution >= 0.6 is 11.6 Å². The third-order valence-electron chi connectivity index (χ3n) is 2.60. The molecule has 0 aliphatic rings. The fraction of sp³-hybridized carbons (Fsp3) is 0.176. The SMILES string of the molecule is CCCOc1ccc(C#Cc2ccc(Cl)cc2F)cc1. The van der Waals surface area contributed by atoms with Crippen molar-refractivity contribution < 1.29 is 9.13 Å². The number of hydrogen-bond donors (Lipinski definition) is 0. The normalized spacial score (nSPS) is 9.75. The summed E-state index contributed by atoms with van der Waals surface area (Å²) in [6, 6.07) is 11.9. The summed E-state index contributed by atoms with van der Waals surface area (Å²) >= 11 is 5.69. The summed E-state index contributed by atoms with van der Waals surface area (Å²) in [4.78, 5) is 0. The molecular weight excluding hydrogens is 275 g/mol. The summed E-state index contributed by atoms with van der Waals surface area (Å²) in [6.45, 7) is 2.75. The number of rotatable bonds is 3. The van der Waals surface area contributed by atoms with E-state index < -0.39 is 5.82 Å². The zero-order chi connectivity index (χ0) is 14.4. The molecule has 0 atom stereocenters. The fourth-order valence-electron chi connectivity index (χ4n) is 1.58. The first-order chi connectivity index (χ1) is 9.69. The van der Waals surface area contributed by atoms with Crippen LogP contribution in [0.15, 0.2) is 42.5 Å². The quantitative estimate of drug-likeness (QED) is 0.746. The van der Waals surface area contributed by atoms with Gasteiger partial charge in [0.1, 0.15) is 11.6 Å². The Bertz CT molecular complexity index is 638.